The molecule has 1 aromatic heterocycles. The van der Waals surface area contributed by atoms with Crippen molar-refractivity contribution in [1.82, 2.24) is 10.5 Å². The SMILES string of the molecule is CCCNC(=O)c1ccc2noc(-c3ccccc3)c2c1. The maximum absolute atomic E-state index is 12.1. The third kappa shape index (κ3) is 2.65. The van der Waals surface area contributed by atoms with Crippen molar-refractivity contribution in [3.8, 4) is 11.3 Å². The van der Waals surface area contributed by atoms with Crippen LogP contribution in [-0.2, 0) is 0 Å². The van der Waals surface area contributed by atoms with Crippen LogP contribution in [0.25, 0.3) is 22.2 Å². The Hall–Kier alpha value is -2.62. The van der Waals surface area contributed by atoms with Crippen molar-refractivity contribution in [2.24, 2.45) is 0 Å². The maximum Gasteiger partial charge on any atom is 0.251 e. The summed E-state index contributed by atoms with van der Waals surface area (Å²) in [5.41, 5.74) is 2.32. The van der Waals surface area contributed by atoms with Crippen LogP contribution in [0.5, 0.6) is 0 Å². The lowest BCUT2D eigenvalue weighted by Crippen LogP contribution is -2.23. The van der Waals surface area contributed by atoms with Crippen LogP contribution in [0.3, 0.4) is 0 Å². The Bertz CT molecular complexity index is 763. The first-order valence-electron chi connectivity index (χ1n) is 7.02. The molecule has 2 aromatic carbocycles. The van der Waals surface area contributed by atoms with E-state index in [-0.39, 0.29) is 5.91 Å². The number of hydrogen-bond donors (Lipinski definition) is 1. The van der Waals surface area contributed by atoms with E-state index < -0.39 is 0 Å². The molecule has 1 amide bonds. The number of benzene rings is 2. The van der Waals surface area contributed by atoms with E-state index >= 15 is 0 Å². The van der Waals surface area contributed by atoms with E-state index in [1.54, 1.807) is 6.07 Å². The lowest BCUT2D eigenvalue weighted by atomic mass is 10.1. The van der Waals surface area contributed by atoms with Gasteiger partial charge in [-0.1, -0.05) is 42.4 Å². The standard InChI is InChI=1S/C17H16N2O2/c1-2-10-18-17(20)13-8-9-15-14(11-13)16(21-19-15)12-6-4-3-5-7-12/h3-9,11H,2,10H2,1H3,(H,18,20). The molecule has 1 N–H and O–H groups in total. The predicted molar refractivity (Wildman–Crippen MR) is 82.1 cm³/mol. The second-order valence-corrected chi connectivity index (χ2v) is 4.87. The molecule has 0 aliphatic heterocycles. The highest BCUT2D eigenvalue weighted by molar-refractivity contribution is 6.00. The molecular formula is C17H16N2O2. The molecule has 0 saturated carbocycles. The van der Waals surface area contributed by atoms with Gasteiger partial charge in [0.15, 0.2) is 5.76 Å². The highest BCUT2D eigenvalue weighted by Crippen LogP contribution is 2.29. The molecule has 4 heteroatoms. The van der Waals surface area contributed by atoms with Crippen molar-refractivity contribution in [2.75, 3.05) is 6.54 Å². The van der Waals surface area contributed by atoms with E-state index in [0.29, 0.717) is 17.9 Å². The third-order valence-electron chi connectivity index (χ3n) is 3.31. The van der Waals surface area contributed by atoms with Crippen molar-refractivity contribution in [3.63, 3.8) is 0 Å². The predicted octanol–water partition coefficient (Wildman–Crippen LogP) is 3.63. The minimum absolute atomic E-state index is 0.0704. The fourth-order valence-electron chi connectivity index (χ4n) is 2.22. The molecule has 3 rings (SSSR count). The molecule has 0 aliphatic carbocycles. The van der Waals surface area contributed by atoms with Gasteiger partial charge in [0.25, 0.3) is 5.91 Å². The van der Waals surface area contributed by atoms with Gasteiger partial charge in [-0.2, -0.15) is 0 Å². The minimum Gasteiger partial charge on any atom is -0.355 e. The molecule has 0 atom stereocenters. The normalized spacial score (nSPS) is 10.7. The van der Waals surface area contributed by atoms with Crippen LogP contribution in [0.2, 0.25) is 0 Å². The Morgan fingerprint density at radius 3 is 2.76 bits per heavy atom. The highest BCUT2D eigenvalue weighted by atomic mass is 16.5. The van der Waals surface area contributed by atoms with Crippen molar-refractivity contribution in [1.29, 1.82) is 0 Å². The topological polar surface area (TPSA) is 55.1 Å². The second-order valence-electron chi connectivity index (χ2n) is 4.87. The van der Waals surface area contributed by atoms with Gasteiger partial charge in [0, 0.05) is 17.7 Å². The lowest BCUT2D eigenvalue weighted by molar-refractivity contribution is 0.0954. The van der Waals surface area contributed by atoms with Crippen LogP contribution in [0.15, 0.2) is 53.1 Å². The van der Waals surface area contributed by atoms with Gasteiger partial charge in [0.2, 0.25) is 0 Å². The summed E-state index contributed by atoms with van der Waals surface area (Å²) in [7, 11) is 0. The molecule has 21 heavy (non-hydrogen) atoms. The van der Waals surface area contributed by atoms with Crippen LogP contribution >= 0.6 is 0 Å². The molecule has 4 nitrogen and oxygen atoms in total. The summed E-state index contributed by atoms with van der Waals surface area (Å²) in [6.45, 7) is 2.70. The maximum atomic E-state index is 12.1. The van der Waals surface area contributed by atoms with E-state index in [0.717, 1.165) is 22.9 Å². The summed E-state index contributed by atoms with van der Waals surface area (Å²) in [6, 6.07) is 15.2. The molecule has 0 unspecified atom stereocenters. The Morgan fingerprint density at radius 2 is 2.00 bits per heavy atom. The number of nitrogens with one attached hydrogen (secondary N) is 1. The highest BCUT2D eigenvalue weighted by Gasteiger charge is 2.13. The fraction of sp³-hybridized carbons (Fsp3) is 0.176. The number of aromatic nitrogens is 1. The van der Waals surface area contributed by atoms with Crippen LogP contribution in [0, 0.1) is 0 Å². The number of hydrogen-bond acceptors (Lipinski definition) is 3. The number of rotatable bonds is 4. The lowest BCUT2D eigenvalue weighted by Gasteiger charge is -2.03. The molecular weight excluding hydrogens is 264 g/mol. The van der Waals surface area contributed by atoms with E-state index in [1.165, 1.54) is 0 Å². The number of carbonyl (C=O) groups excluding carboxylic acids is 1. The summed E-state index contributed by atoms with van der Waals surface area (Å²) in [5, 5.41) is 7.78. The molecule has 0 saturated heterocycles. The van der Waals surface area contributed by atoms with Gasteiger partial charge in [-0.05, 0) is 24.6 Å². The van der Waals surface area contributed by atoms with E-state index in [1.807, 2.05) is 49.4 Å². The Morgan fingerprint density at radius 1 is 1.19 bits per heavy atom. The van der Waals surface area contributed by atoms with Crippen molar-refractivity contribution in [3.05, 3.63) is 54.1 Å². The Balaban J connectivity index is 2.02. The first kappa shape index (κ1) is 13.4. The first-order chi connectivity index (χ1) is 10.3. The Kier molecular flexibility index (Phi) is 3.69. The number of amides is 1. The summed E-state index contributed by atoms with van der Waals surface area (Å²) in [5.74, 6) is 0.620. The average Bonchev–Trinajstić information content (AvgIpc) is 2.96. The van der Waals surface area contributed by atoms with Gasteiger partial charge < -0.3 is 9.84 Å². The monoisotopic (exact) mass is 280 g/mol. The minimum atomic E-state index is -0.0704. The van der Waals surface area contributed by atoms with Gasteiger partial charge in [-0.15, -0.1) is 0 Å². The summed E-state index contributed by atoms with van der Waals surface area (Å²) in [6.07, 6.45) is 0.913. The molecule has 0 spiro atoms. The zero-order chi connectivity index (χ0) is 14.7. The molecule has 3 aromatic rings. The van der Waals surface area contributed by atoms with Gasteiger partial charge in [-0.25, -0.2) is 0 Å². The van der Waals surface area contributed by atoms with Crippen molar-refractivity contribution in [2.45, 2.75) is 13.3 Å². The van der Waals surface area contributed by atoms with Gasteiger partial charge in [0.1, 0.15) is 5.52 Å². The first-order valence-corrected chi connectivity index (χ1v) is 7.02. The Labute approximate surface area is 122 Å². The zero-order valence-electron chi connectivity index (χ0n) is 11.8. The molecule has 1 heterocycles. The fourth-order valence-corrected chi connectivity index (χ4v) is 2.22. The van der Waals surface area contributed by atoms with Crippen molar-refractivity contribution < 1.29 is 9.32 Å². The van der Waals surface area contributed by atoms with E-state index in [9.17, 15) is 4.79 Å². The van der Waals surface area contributed by atoms with Gasteiger partial charge in [-0.3, -0.25) is 4.79 Å². The second kappa shape index (κ2) is 5.79. The van der Waals surface area contributed by atoms with Gasteiger partial charge in [0.05, 0.1) is 5.39 Å². The number of carbonyl (C=O) groups is 1. The molecule has 106 valence electrons. The van der Waals surface area contributed by atoms with Gasteiger partial charge >= 0.3 is 0 Å². The quantitative estimate of drug-likeness (QED) is 0.794. The molecule has 0 radical (unpaired) electrons. The van der Waals surface area contributed by atoms with Crippen LogP contribution in [-0.4, -0.2) is 17.6 Å². The van der Waals surface area contributed by atoms with E-state index in [2.05, 4.69) is 10.5 Å². The number of fused-ring (bicyclic) bond motifs is 1. The van der Waals surface area contributed by atoms with Crippen LogP contribution in [0.1, 0.15) is 23.7 Å². The molecule has 0 bridgehead atoms. The average molecular weight is 280 g/mol. The van der Waals surface area contributed by atoms with E-state index in [4.69, 9.17) is 4.52 Å². The zero-order valence-corrected chi connectivity index (χ0v) is 11.8. The van der Waals surface area contributed by atoms with Crippen molar-refractivity contribution >= 4 is 16.8 Å². The summed E-state index contributed by atoms with van der Waals surface area (Å²) in [4.78, 5) is 12.1. The largest absolute Gasteiger partial charge is 0.355 e. The molecule has 0 fully saturated rings. The number of nitrogens with zero attached hydrogens (tertiary/aromatic N) is 1. The summed E-state index contributed by atoms with van der Waals surface area (Å²) < 4.78 is 5.44. The van der Waals surface area contributed by atoms with Crippen LogP contribution < -0.4 is 5.32 Å². The smallest absolute Gasteiger partial charge is 0.251 e. The van der Waals surface area contributed by atoms with Crippen LogP contribution in [0.4, 0.5) is 0 Å². The summed E-state index contributed by atoms with van der Waals surface area (Å²) >= 11 is 0. The molecule has 0 aliphatic rings. The third-order valence-corrected chi connectivity index (χ3v) is 3.31.